The number of nitrogens with zero attached hydrogens (tertiary/aromatic N) is 1. The molecule has 2 aliphatic heterocycles. The first-order valence-electron chi connectivity index (χ1n) is 10.1. The number of benzene rings is 2. The lowest BCUT2D eigenvalue weighted by molar-refractivity contribution is -0.181. The van der Waals surface area contributed by atoms with Gasteiger partial charge < -0.3 is 19.7 Å². The van der Waals surface area contributed by atoms with Gasteiger partial charge in [-0.3, -0.25) is 9.59 Å². The number of carbonyl (C=O) groups is 2. The summed E-state index contributed by atoms with van der Waals surface area (Å²) in [6.07, 6.45) is 2.13. The summed E-state index contributed by atoms with van der Waals surface area (Å²) in [5.74, 6) is -0.727. The van der Waals surface area contributed by atoms with E-state index in [9.17, 15) is 9.59 Å². The molecule has 0 atom stereocenters. The third-order valence-electron chi connectivity index (χ3n) is 5.54. The van der Waals surface area contributed by atoms with Crippen molar-refractivity contribution in [2.45, 2.75) is 25.0 Å². The molecule has 2 saturated heterocycles. The highest BCUT2D eigenvalue weighted by atomic mass is 16.7. The normalized spacial score (nSPS) is 18.0. The van der Waals surface area contributed by atoms with Gasteiger partial charge in [0.25, 0.3) is 11.8 Å². The average Bonchev–Trinajstić information content (AvgIpc) is 3.22. The smallest absolute Gasteiger partial charge is 0.253 e. The van der Waals surface area contributed by atoms with Crippen molar-refractivity contribution in [1.82, 2.24) is 10.2 Å². The van der Waals surface area contributed by atoms with Gasteiger partial charge in [-0.15, -0.1) is 0 Å². The van der Waals surface area contributed by atoms with Gasteiger partial charge in [0.2, 0.25) is 0 Å². The van der Waals surface area contributed by atoms with Crippen LogP contribution in [0.25, 0.3) is 0 Å². The lowest BCUT2D eigenvalue weighted by Gasteiger charge is -2.37. The Morgan fingerprint density at radius 3 is 2.34 bits per heavy atom. The first-order chi connectivity index (χ1) is 14.2. The molecule has 2 amide bonds. The highest BCUT2D eigenvalue weighted by Crippen LogP contribution is 2.31. The van der Waals surface area contributed by atoms with Crippen molar-refractivity contribution in [3.63, 3.8) is 0 Å². The molecule has 0 aromatic heterocycles. The average molecular weight is 394 g/mol. The molecule has 2 fully saturated rings. The zero-order chi connectivity index (χ0) is 20.1. The Bertz CT molecular complexity index is 852. The van der Waals surface area contributed by atoms with Crippen LogP contribution in [-0.2, 0) is 15.9 Å². The first-order valence-corrected chi connectivity index (χ1v) is 10.1. The van der Waals surface area contributed by atoms with E-state index in [-0.39, 0.29) is 11.8 Å². The summed E-state index contributed by atoms with van der Waals surface area (Å²) in [6, 6.07) is 16.9. The monoisotopic (exact) mass is 394 g/mol. The van der Waals surface area contributed by atoms with Gasteiger partial charge in [0.15, 0.2) is 5.79 Å². The molecular weight excluding hydrogens is 368 g/mol. The van der Waals surface area contributed by atoms with Crippen molar-refractivity contribution in [3.8, 4) is 0 Å². The van der Waals surface area contributed by atoms with Gasteiger partial charge in [-0.2, -0.15) is 0 Å². The Hall–Kier alpha value is -2.70. The molecule has 2 aromatic carbocycles. The van der Waals surface area contributed by atoms with E-state index >= 15 is 0 Å². The van der Waals surface area contributed by atoms with E-state index in [1.54, 1.807) is 24.3 Å². The third kappa shape index (κ3) is 4.66. The molecule has 6 nitrogen and oxygen atoms in total. The second kappa shape index (κ2) is 8.76. The van der Waals surface area contributed by atoms with Crippen LogP contribution in [0.5, 0.6) is 0 Å². The van der Waals surface area contributed by atoms with Gasteiger partial charge >= 0.3 is 0 Å². The van der Waals surface area contributed by atoms with Crippen LogP contribution in [0.4, 0.5) is 0 Å². The number of piperidine rings is 1. The summed E-state index contributed by atoms with van der Waals surface area (Å²) in [5.41, 5.74) is 2.21. The summed E-state index contributed by atoms with van der Waals surface area (Å²) in [6.45, 7) is 2.97. The Morgan fingerprint density at radius 2 is 1.62 bits per heavy atom. The third-order valence-corrected chi connectivity index (χ3v) is 5.54. The minimum atomic E-state index is -0.503. The second-order valence-corrected chi connectivity index (χ2v) is 7.47. The zero-order valence-electron chi connectivity index (χ0n) is 16.4. The second-order valence-electron chi connectivity index (χ2n) is 7.47. The molecule has 1 spiro atoms. The molecular formula is C23H26N2O4. The number of nitrogens with one attached hydrogen (secondary N) is 1. The van der Waals surface area contributed by atoms with Crippen molar-refractivity contribution >= 4 is 11.8 Å². The van der Waals surface area contributed by atoms with Gasteiger partial charge in [0.05, 0.1) is 13.2 Å². The fourth-order valence-corrected chi connectivity index (χ4v) is 3.88. The van der Waals surface area contributed by atoms with E-state index < -0.39 is 5.79 Å². The molecule has 1 N–H and O–H groups in total. The quantitative estimate of drug-likeness (QED) is 0.847. The van der Waals surface area contributed by atoms with E-state index in [1.807, 2.05) is 35.2 Å². The largest absolute Gasteiger partial charge is 0.352 e. The van der Waals surface area contributed by atoms with Crippen molar-refractivity contribution in [3.05, 3.63) is 71.3 Å². The van der Waals surface area contributed by atoms with Crippen molar-refractivity contribution in [2.24, 2.45) is 0 Å². The lowest BCUT2D eigenvalue weighted by atomic mass is 10.0. The fraction of sp³-hybridized carbons (Fsp3) is 0.391. The molecule has 0 aliphatic carbocycles. The molecule has 29 heavy (non-hydrogen) atoms. The maximum Gasteiger partial charge on any atom is 0.253 e. The maximum absolute atomic E-state index is 12.9. The number of likely N-dealkylation sites (tertiary alicyclic amines) is 1. The predicted octanol–water partition coefficient (Wildman–Crippen LogP) is 2.64. The summed E-state index contributed by atoms with van der Waals surface area (Å²) >= 11 is 0. The van der Waals surface area contributed by atoms with E-state index in [4.69, 9.17) is 9.47 Å². The number of hydrogen-bond donors (Lipinski definition) is 1. The van der Waals surface area contributed by atoms with Crippen LogP contribution >= 0.6 is 0 Å². The fourth-order valence-electron chi connectivity index (χ4n) is 3.88. The van der Waals surface area contributed by atoms with Crippen LogP contribution < -0.4 is 5.32 Å². The molecule has 2 aliphatic rings. The SMILES string of the molecule is O=C(NCCc1ccccc1)c1cccc(C(=O)N2CCC3(CC2)OCCO3)c1. The summed E-state index contributed by atoms with van der Waals surface area (Å²) in [7, 11) is 0. The molecule has 0 unspecified atom stereocenters. The lowest BCUT2D eigenvalue weighted by Crippen LogP contribution is -2.47. The summed E-state index contributed by atoms with van der Waals surface area (Å²) in [4.78, 5) is 27.2. The molecule has 6 heteroatoms. The van der Waals surface area contributed by atoms with Gasteiger partial charge in [0.1, 0.15) is 0 Å². The highest BCUT2D eigenvalue weighted by Gasteiger charge is 2.40. The maximum atomic E-state index is 12.9. The Balaban J connectivity index is 1.33. The molecule has 0 radical (unpaired) electrons. The van der Waals surface area contributed by atoms with E-state index in [2.05, 4.69) is 5.32 Å². The molecule has 0 saturated carbocycles. The van der Waals surface area contributed by atoms with Crippen LogP contribution in [0.3, 0.4) is 0 Å². The Labute approximate surface area is 170 Å². The Kier molecular flexibility index (Phi) is 5.92. The molecule has 2 aromatic rings. The van der Waals surface area contributed by atoms with Gasteiger partial charge in [-0.05, 0) is 30.2 Å². The molecule has 0 bridgehead atoms. The van der Waals surface area contributed by atoms with Crippen LogP contribution in [0, 0.1) is 0 Å². The van der Waals surface area contributed by atoms with E-state index in [1.165, 1.54) is 5.56 Å². The number of ether oxygens (including phenoxy) is 2. The van der Waals surface area contributed by atoms with Crippen LogP contribution in [0.1, 0.15) is 39.1 Å². The van der Waals surface area contributed by atoms with E-state index in [0.29, 0.717) is 56.8 Å². The van der Waals surface area contributed by atoms with Crippen LogP contribution in [0.2, 0.25) is 0 Å². The van der Waals surface area contributed by atoms with Gasteiger partial charge in [-0.25, -0.2) is 0 Å². The number of amides is 2. The topological polar surface area (TPSA) is 67.9 Å². The molecule has 4 rings (SSSR count). The van der Waals surface area contributed by atoms with Crippen molar-refractivity contribution in [1.29, 1.82) is 0 Å². The minimum Gasteiger partial charge on any atom is -0.352 e. The number of hydrogen-bond acceptors (Lipinski definition) is 4. The van der Waals surface area contributed by atoms with E-state index in [0.717, 1.165) is 6.42 Å². The standard InChI is InChI=1S/C23H26N2O4/c26-21(24-12-9-18-5-2-1-3-6-18)19-7-4-8-20(17-19)22(27)25-13-10-23(11-14-25)28-15-16-29-23/h1-8,17H,9-16H2,(H,24,26). The highest BCUT2D eigenvalue weighted by molar-refractivity contribution is 5.99. The van der Waals surface area contributed by atoms with Gasteiger partial charge in [0, 0.05) is 43.6 Å². The molecule has 152 valence electrons. The van der Waals surface area contributed by atoms with Crippen molar-refractivity contribution in [2.75, 3.05) is 32.8 Å². The Morgan fingerprint density at radius 1 is 0.931 bits per heavy atom. The predicted molar refractivity (Wildman–Crippen MR) is 109 cm³/mol. The van der Waals surface area contributed by atoms with Crippen LogP contribution in [0.15, 0.2) is 54.6 Å². The number of carbonyl (C=O) groups excluding carboxylic acids is 2. The minimum absolute atomic E-state index is 0.0585. The van der Waals surface area contributed by atoms with Crippen molar-refractivity contribution < 1.29 is 19.1 Å². The summed E-state index contributed by atoms with van der Waals surface area (Å²) < 4.78 is 11.4. The number of rotatable bonds is 5. The zero-order valence-corrected chi connectivity index (χ0v) is 16.4. The molecule has 2 heterocycles. The first kappa shape index (κ1) is 19.6. The van der Waals surface area contributed by atoms with Crippen LogP contribution in [-0.4, -0.2) is 55.3 Å². The summed E-state index contributed by atoms with van der Waals surface area (Å²) in [5, 5.41) is 2.93. The van der Waals surface area contributed by atoms with Gasteiger partial charge in [-0.1, -0.05) is 36.4 Å².